The van der Waals surface area contributed by atoms with Gasteiger partial charge in [-0.25, -0.2) is 13.2 Å². The summed E-state index contributed by atoms with van der Waals surface area (Å²) >= 11 is 5.86. The predicted octanol–water partition coefficient (Wildman–Crippen LogP) is 4.40. The minimum absolute atomic E-state index is 0.110. The van der Waals surface area contributed by atoms with Crippen molar-refractivity contribution in [1.82, 2.24) is 5.32 Å². The second kappa shape index (κ2) is 7.89. The molecule has 2 N–H and O–H groups in total. The number of urea groups is 1. The van der Waals surface area contributed by atoms with Crippen molar-refractivity contribution in [2.24, 2.45) is 0 Å². The molecule has 25 heavy (non-hydrogen) atoms. The molecule has 7 heteroatoms. The Labute approximate surface area is 153 Å². The van der Waals surface area contributed by atoms with E-state index in [4.69, 9.17) is 11.6 Å². The summed E-state index contributed by atoms with van der Waals surface area (Å²) in [5, 5.41) is 5.45. The van der Waals surface area contributed by atoms with Crippen molar-refractivity contribution in [2.45, 2.75) is 37.0 Å². The van der Waals surface area contributed by atoms with Crippen LogP contribution < -0.4 is 10.6 Å². The van der Waals surface area contributed by atoms with Gasteiger partial charge < -0.3 is 10.6 Å². The molecule has 0 saturated carbocycles. The monoisotopic (exact) mass is 380 g/mol. The number of benzene rings is 2. The van der Waals surface area contributed by atoms with E-state index in [-0.39, 0.29) is 16.6 Å². The molecular weight excluding hydrogens is 360 g/mol. The van der Waals surface area contributed by atoms with Crippen molar-refractivity contribution in [3.8, 4) is 0 Å². The standard InChI is InChI=1S/C18H21ClN2O3S/c1-12(2)25(23,24)17-7-5-4-6-16(17)21-18(22)20-13(3)14-8-10-15(19)11-9-14/h4-13H,1-3H3,(H2,20,21,22). The maximum atomic E-state index is 12.4. The highest BCUT2D eigenvalue weighted by Gasteiger charge is 2.23. The Bertz CT molecular complexity index is 849. The lowest BCUT2D eigenvalue weighted by atomic mass is 10.1. The summed E-state index contributed by atoms with van der Waals surface area (Å²) in [6, 6.07) is 12.8. The number of amides is 2. The Morgan fingerprint density at radius 3 is 2.20 bits per heavy atom. The van der Waals surface area contributed by atoms with Crippen LogP contribution >= 0.6 is 11.6 Å². The summed E-state index contributed by atoms with van der Waals surface area (Å²) in [7, 11) is -3.50. The van der Waals surface area contributed by atoms with E-state index in [0.29, 0.717) is 5.02 Å². The molecular formula is C18H21ClN2O3S. The van der Waals surface area contributed by atoms with Crippen LogP contribution in [0.15, 0.2) is 53.4 Å². The number of nitrogens with one attached hydrogen (secondary N) is 2. The number of anilines is 1. The normalized spacial score (nSPS) is 12.7. The van der Waals surface area contributed by atoms with Crippen molar-refractivity contribution in [1.29, 1.82) is 0 Å². The number of para-hydroxylation sites is 1. The zero-order valence-corrected chi connectivity index (χ0v) is 15.9. The van der Waals surface area contributed by atoms with E-state index in [1.807, 2.05) is 19.1 Å². The largest absolute Gasteiger partial charge is 0.331 e. The minimum Gasteiger partial charge on any atom is -0.331 e. The van der Waals surface area contributed by atoms with Gasteiger partial charge in [0.2, 0.25) is 0 Å². The second-order valence-corrected chi connectivity index (χ2v) is 8.87. The topological polar surface area (TPSA) is 75.3 Å². The summed E-state index contributed by atoms with van der Waals surface area (Å²) in [6.45, 7) is 5.04. The number of rotatable bonds is 5. The van der Waals surface area contributed by atoms with Crippen LogP contribution in [0.1, 0.15) is 32.4 Å². The Hall–Kier alpha value is -2.05. The quantitative estimate of drug-likeness (QED) is 0.806. The molecule has 0 radical (unpaired) electrons. The third-order valence-electron chi connectivity index (χ3n) is 3.78. The number of hydrogen-bond acceptors (Lipinski definition) is 3. The van der Waals surface area contributed by atoms with Crippen LogP contribution in [0.4, 0.5) is 10.5 Å². The summed E-state index contributed by atoms with van der Waals surface area (Å²) in [5.41, 5.74) is 1.15. The molecule has 2 aromatic rings. The molecule has 2 aromatic carbocycles. The Morgan fingerprint density at radius 2 is 1.60 bits per heavy atom. The molecule has 1 unspecified atom stereocenters. The molecule has 0 aliphatic heterocycles. The van der Waals surface area contributed by atoms with Gasteiger partial charge in [0.1, 0.15) is 0 Å². The third kappa shape index (κ3) is 4.74. The van der Waals surface area contributed by atoms with Gasteiger partial charge in [-0.1, -0.05) is 35.9 Å². The third-order valence-corrected chi connectivity index (χ3v) is 6.24. The van der Waals surface area contributed by atoms with Crippen LogP contribution in [-0.4, -0.2) is 19.7 Å². The van der Waals surface area contributed by atoms with E-state index in [1.54, 1.807) is 44.2 Å². The number of carbonyl (C=O) groups is 1. The Morgan fingerprint density at radius 1 is 1.00 bits per heavy atom. The average Bonchev–Trinajstić information content (AvgIpc) is 2.55. The van der Waals surface area contributed by atoms with E-state index >= 15 is 0 Å². The Kier molecular flexibility index (Phi) is 6.08. The highest BCUT2D eigenvalue weighted by Crippen LogP contribution is 2.25. The molecule has 0 spiro atoms. The highest BCUT2D eigenvalue weighted by molar-refractivity contribution is 7.92. The summed E-state index contributed by atoms with van der Waals surface area (Å²) in [5.74, 6) is 0. The minimum atomic E-state index is -3.50. The van der Waals surface area contributed by atoms with Gasteiger partial charge in [0.25, 0.3) is 0 Å². The summed E-state index contributed by atoms with van der Waals surface area (Å²) in [6.07, 6.45) is 0. The lowest BCUT2D eigenvalue weighted by Crippen LogP contribution is -2.31. The van der Waals surface area contributed by atoms with E-state index in [2.05, 4.69) is 10.6 Å². The lowest BCUT2D eigenvalue weighted by Gasteiger charge is -2.17. The SMILES string of the molecule is CC(NC(=O)Nc1ccccc1S(=O)(=O)C(C)C)c1ccc(Cl)cc1. The maximum absolute atomic E-state index is 12.4. The molecule has 5 nitrogen and oxygen atoms in total. The predicted molar refractivity (Wildman–Crippen MR) is 101 cm³/mol. The fraction of sp³-hybridized carbons (Fsp3) is 0.278. The molecule has 1 atom stereocenters. The van der Waals surface area contributed by atoms with Gasteiger partial charge in [-0.2, -0.15) is 0 Å². The average molecular weight is 381 g/mol. The first-order chi connectivity index (χ1) is 11.7. The number of halogens is 1. The van der Waals surface area contributed by atoms with Crippen LogP contribution in [0.25, 0.3) is 0 Å². The molecule has 0 heterocycles. The second-order valence-electron chi connectivity index (χ2n) is 5.96. The van der Waals surface area contributed by atoms with Gasteiger partial charge in [0.05, 0.1) is 21.9 Å². The lowest BCUT2D eigenvalue weighted by molar-refractivity contribution is 0.249. The van der Waals surface area contributed by atoms with E-state index < -0.39 is 21.1 Å². The van der Waals surface area contributed by atoms with Crippen molar-refractivity contribution in [3.63, 3.8) is 0 Å². The zero-order valence-electron chi connectivity index (χ0n) is 14.3. The molecule has 0 aliphatic rings. The Balaban J connectivity index is 2.15. The number of carbonyl (C=O) groups excluding carboxylic acids is 1. The zero-order chi connectivity index (χ0) is 18.6. The summed E-state index contributed by atoms with van der Waals surface area (Å²) in [4.78, 5) is 12.4. The van der Waals surface area contributed by atoms with E-state index in [1.165, 1.54) is 6.07 Å². The maximum Gasteiger partial charge on any atom is 0.319 e. The molecule has 0 fully saturated rings. The van der Waals surface area contributed by atoms with Gasteiger partial charge in [0, 0.05) is 5.02 Å². The number of hydrogen-bond donors (Lipinski definition) is 2. The van der Waals surface area contributed by atoms with Crippen LogP contribution in [-0.2, 0) is 9.84 Å². The van der Waals surface area contributed by atoms with Crippen LogP contribution in [0.5, 0.6) is 0 Å². The summed E-state index contributed by atoms with van der Waals surface area (Å²) < 4.78 is 24.9. The first kappa shape index (κ1) is 19.3. The fourth-order valence-electron chi connectivity index (χ4n) is 2.26. The van der Waals surface area contributed by atoms with Gasteiger partial charge >= 0.3 is 6.03 Å². The first-order valence-corrected chi connectivity index (χ1v) is 9.80. The van der Waals surface area contributed by atoms with E-state index in [0.717, 1.165) is 5.56 Å². The molecule has 134 valence electrons. The van der Waals surface area contributed by atoms with Gasteiger partial charge in [0.15, 0.2) is 9.84 Å². The van der Waals surface area contributed by atoms with Crippen LogP contribution in [0, 0.1) is 0 Å². The van der Waals surface area contributed by atoms with Gasteiger partial charge in [-0.05, 0) is 50.6 Å². The van der Waals surface area contributed by atoms with Crippen LogP contribution in [0.3, 0.4) is 0 Å². The van der Waals surface area contributed by atoms with Crippen molar-refractivity contribution < 1.29 is 13.2 Å². The van der Waals surface area contributed by atoms with Gasteiger partial charge in [-0.3, -0.25) is 0 Å². The molecule has 0 aromatic heterocycles. The van der Waals surface area contributed by atoms with Crippen molar-refractivity contribution >= 4 is 33.2 Å². The van der Waals surface area contributed by atoms with Gasteiger partial charge in [-0.15, -0.1) is 0 Å². The smallest absolute Gasteiger partial charge is 0.319 e. The molecule has 0 bridgehead atoms. The molecule has 0 aliphatic carbocycles. The fourth-order valence-corrected chi connectivity index (χ4v) is 3.59. The van der Waals surface area contributed by atoms with E-state index in [9.17, 15) is 13.2 Å². The molecule has 0 saturated heterocycles. The number of sulfone groups is 1. The van der Waals surface area contributed by atoms with Crippen molar-refractivity contribution in [2.75, 3.05) is 5.32 Å². The molecule has 2 amide bonds. The van der Waals surface area contributed by atoms with Crippen LogP contribution in [0.2, 0.25) is 5.02 Å². The van der Waals surface area contributed by atoms with Crippen molar-refractivity contribution in [3.05, 3.63) is 59.1 Å². The highest BCUT2D eigenvalue weighted by atomic mass is 35.5. The first-order valence-electron chi connectivity index (χ1n) is 7.87. The molecule has 2 rings (SSSR count).